The molecule has 0 fully saturated rings. The molecule has 0 amide bonds. The first kappa shape index (κ1) is 19.3. The topological polar surface area (TPSA) is 71.1 Å². The largest absolute Gasteiger partial charge is 0.497 e. The van der Waals surface area contributed by atoms with E-state index in [-0.39, 0.29) is 18.0 Å². The Morgan fingerprint density at radius 1 is 0.923 bits per heavy atom. The van der Waals surface area contributed by atoms with Crippen LogP contribution >= 0.6 is 0 Å². The Kier molecular flexibility index (Phi) is 6.60. The van der Waals surface area contributed by atoms with Crippen LogP contribution < -0.4 is 14.2 Å². The molecule has 0 N–H and O–H groups in total. The van der Waals surface area contributed by atoms with Crippen LogP contribution in [0.2, 0.25) is 0 Å². The van der Waals surface area contributed by atoms with E-state index in [2.05, 4.69) is 0 Å². The van der Waals surface area contributed by atoms with Crippen molar-refractivity contribution in [1.29, 1.82) is 0 Å². The third-order valence-corrected chi connectivity index (χ3v) is 3.81. The van der Waals surface area contributed by atoms with Gasteiger partial charge in [0.05, 0.1) is 19.8 Å². The summed E-state index contributed by atoms with van der Waals surface area (Å²) in [5.41, 5.74) is 2.14. The van der Waals surface area contributed by atoms with Gasteiger partial charge in [0.15, 0.2) is 13.2 Å². The molecule has 0 aliphatic rings. The SMILES string of the molecule is COc1ccc(OC)c(C(=O)COC(=O)COc2c(C)cccc2C)c1. The Morgan fingerprint density at radius 2 is 1.62 bits per heavy atom. The predicted molar refractivity (Wildman–Crippen MR) is 96.2 cm³/mol. The number of carbonyl (C=O) groups is 2. The molecule has 0 radical (unpaired) electrons. The lowest BCUT2D eigenvalue weighted by atomic mass is 10.1. The summed E-state index contributed by atoms with van der Waals surface area (Å²) < 4.78 is 20.8. The number of rotatable bonds is 8. The van der Waals surface area contributed by atoms with Crippen LogP contribution in [0.4, 0.5) is 0 Å². The number of aryl methyl sites for hydroxylation is 2. The molecule has 6 nitrogen and oxygen atoms in total. The second kappa shape index (κ2) is 8.89. The van der Waals surface area contributed by atoms with Crippen LogP contribution in [0.1, 0.15) is 21.5 Å². The van der Waals surface area contributed by atoms with Crippen molar-refractivity contribution in [1.82, 2.24) is 0 Å². The van der Waals surface area contributed by atoms with E-state index in [4.69, 9.17) is 18.9 Å². The van der Waals surface area contributed by atoms with Gasteiger partial charge in [0.25, 0.3) is 0 Å². The fraction of sp³-hybridized carbons (Fsp3) is 0.300. The smallest absolute Gasteiger partial charge is 0.344 e. The molecule has 0 spiro atoms. The van der Waals surface area contributed by atoms with Gasteiger partial charge in [-0.1, -0.05) is 18.2 Å². The standard InChI is InChI=1S/C20H22O6/c1-13-6-5-7-14(2)20(13)26-12-19(22)25-11-17(21)16-10-15(23-3)8-9-18(16)24-4/h5-10H,11-12H2,1-4H3. The van der Waals surface area contributed by atoms with Gasteiger partial charge in [-0.3, -0.25) is 4.79 Å². The molecule has 0 aromatic heterocycles. The zero-order valence-electron chi connectivity index (χ0n) is 15.3. The maximum absolute atomic E-state index is 12.3. The Labute approximate surface area is 152 Å². The summed E-state index contributed by atoms with van der Waals surface area (Å²) in [5, 5.41) is 0. The van der Waals surface area contributed by atoms with E-state index in [1.54, 1.807) is 18.2 Å². The van der Waals surface area contributed by atoms with Crippen LogP contribution in [0.25, 0.3) is 0 Å². The van der Waals surface area contributed by atoms with E-state index in [1.165, 1.54) is 14.2 Å². The molecule has 0 aliphatic heterocycles. The lowest BCUT2D eigenvalue weighted by Gasteiger charge is -2.12. The van der Waals surface area contributed by atoms with E-state index >= 15 is 0 Å². The monoisotopic (exact) mass is 358 g/mol. The van der Waals surface area contributed by atoms with Crippen LogP contribution in [0, 0.1) is 13.8 Å². The van der Waals surface area contributed by atoms with E-state index in [0.29, 0.717) is 17.2 Å². The summed E-state index contributed by atoms with van der Waals surface area (Å²) in [6.07, 6.45) is 0. The van der Waals surface area contributed by atoms with E-state index in [0.717, 1.165) is 11.1 Å². The van der Waals surface area contributed by atoms with Crippen LogP contribution in [0.3, 0.4) is 0 Å². The molecule has 138 valence electrons. The van der Waals surface area contributed by atoms with Crippen molar-refractivity contribution >= 4 is 11.8 Å². The Morgan fingerprint density at radius 3 is 2.23 bits per heavy atom. The Hall–Kier alpha value is -3.02. The van der Waals surface area contributed by atoms with E-state index < -0.39 is 12.6 Å². The van der Waals surface area contributed by atoms with Crippen molar-refractivity contribution in [3.63, 3.8) is 0 Å². The summed E-state index contributed by atoms with van der Waals surface area (Å²) in [4.78, 5) is 24.2. The summed E-state index contributed by atoms with van der Waals surface area (Å²) in [7, 11) is 2.96. The van der Waals surface area contributed by atoms with Gasteiger partial charge in [-0.2, -0.15) is 0 Å². The third-order valence-electron chi connectivity index (χ3n) is 3.81. The highest BCUT2D eigenvalue weighted by Gasteiger charge is 2.16. The lowest BCUT2D eigenvalue weighted by molar-refractivity contribution is -0.144. The van der Waals surface area contributed by atoms with Gasteiger partial charge < -0.3 is 18.9 Å². The number of esters is 1. The molecule has 0 saturated heterocycles. The van der Waals surface area contributed by atoms with Crippen LogP contribution in [-0.4, -0.2) is 39.2 Å². The van der Waals surface area contributed by atoms with Crippen LogP contribution in [0.15, 0.2) is 36.4 Å². The number of Topliss-reactive ketones (excluding diaryl/α,β-unsaturated/α-hetero) is 1. The molecule has 2 aromatic rings. The van der Waals surface area contributed by atoms with Crippen molar-refractivity contribution < 1.29 is 28.5 Å². The molecule has 26 heavy (non-hydrogen) atoms. The third kappa shape index (κ3) is 4.75. The van der Waals surface area contributed by atoms with Crippen molar-refractivity contribution in [2.24, 2.45) is 0 Å². The lowest BCUT2D eigenvalue weighted by Crippen LogP contribution is -2.20. The van der Waals surface area contributed by atoms with Crippen LogP contribution in [-0.2, 0) is 9.53 Å². The number of methoxy groups -OCH3 is 2. The van der Waals surface area contributed by atoms with Gasteiger partial charge in [0.1, 0.15) is 17.2 Å². The summed E-state index contributed by atoms with van der Waals surface area (Å²) in [6.45, 7) is 3.12. The van der Waals surface area contributed by atoms with E-state index in [9.17, 15) is 9.59 Å². The zero-order valence-corrected chi connectivity index (χ0v) is 15.3. The number of ether oxygens (including phenoxy) is 4. The highest BCUT2D eigenvalue weighted by molar-refractivity contribution is 6.00. The van der Waals surface area contributed by atoms with Gasteiger partial charge in [0, 0.05) is 0 Å². The molecular formula is C20H22O6. The number of benzene rings is 2. The molecule has 0 unspecified atom stereocenters. The maximum atomic E-state index is 12.3. The highest BCUT2D eigenvalue weighted by Crippen LogP contribution is 2.25. The van der Waals surface area contributed by atoms with Crippen molar-refractivity contribution in [2.45, 2.75) is 13.8 Å². The average Bonchev–Trinajstić information content (AvgIpc) is 2.65. The molecule has 0 heterocycles. The number of carbonyl (C=O) groups excluding carboxylic acids is 2. The van der Waals surface area contributed by atoms with Crippen molar-refractivity contribution in [3.8, 4) is 17.2 Å². The maximum Gasteiger partial charge on any atom is 0.344 e. The first-order chi connectivity index (χ1) is 12.5. The first-order valence-corrected chi connectivity index (χ1v) is 8.06. The van der Waals surface area contributed by atoms with E-state index in [1.807, 2.05) is 32.0 Å². The van der Waals surface area contributed by atoms with Gasteiger partial charge in [-0.05, 0) is 43.2 Å². The number of hydrogen-bond donors (Lipinski definition) is 0. The minimum atomic E-state index is -0.622. The average molecular weight is 358 g/mol. The molecule has 0 bridgehead atoms. The minimum absolute atomic E-state index is 0.270. The number of para-hydroxylation sites is 1. The molecule has 0 saturated carbocycles. The normalized spacial score (nSPS) is 10.2. The van der Waals surface area contributed by atoms with Crippen LogP contribution in [0.5, 0.6) is 17.2 Å². The van der Waals surface area contributed by atoms with Crippen molar-refractivity contribution in [2.75, 3.05) is 27.4 Å². The summed E-state index contributed by atoms with van der Waals surface area (Å²) in [5.74, 6) is 0.534. The fourth-order valence-electron chi connectivity index (χ4n) is 2.46. The quantitative estimate of drug-likeness (QED) is 0.533. The number of hydrogen-bond acceptors (Lipinski definition) is 6. The fourth-order valence-corrected chi connectivity index (χ4v) is 2.46. The van der Waals surface area contributed by atoms with Gasteiger partial charge in [-0.15, -0.1) is 0 Å². The molecule has 0 atom stereocenters. The van der Waals surface area contributed by atoms with Gasteiger partial charge in [0.2, 0.25) is 5.78 Å². The molecular weight excluding hydrogens is 336 g/mol. The summed E-state index contributed by atoms with van der Waals surface area (Å²) >= 11 is 0. The second-order valence-corrected chi connectivity index (χ2v) is 5.66. The Bertz CT molecular complexity index is 777. The molecule has 2 rings (SSSR count). The van der Waals surface area contributed by atoms with Crippen molar-refractivity contribution in [3.05, 3.63) is 53.1 Å². The summed E-state index contributed by atoms with van der Waals surface area (Å²) in [6, 6.07) is 10.6. The highest BCUT2D eigenvalue weighted by atomic mass is 16.6. The zero-order chi connectivity index (χ0) is 19.1. The Balaban J connectivity index is 1.94. The molecule has 2 aromatic carbocycles. The minimum Gasteiger partial charge on any atom is -0.497 e. The molecule has 0 aliphatic carbocycles. The first-order valence-electron chi connectivity index (χ1n) is 8.06. The molecule has 6 heteroatoms. The predicted octanol–water partition coefficient (Wildman–Crippen LogP) is 3.13. The van der Waals surface area contributed by atoms with Gasteiger partial charge >= 0.3 is 5.97 Å². The second-order valence-electron chi connectivity index (χ2n) is 5.66. The number of ketones is 1. The van der Waals surface area contributed by atoms with Gasteiger partial charge in [-0.25, -0.2) is 4.79 Å².